The highest BCUT2D eigenvalue weighted by Crippen LogP contribution is 1.66. The molecule has 0 saturated carbocycles. The summed E-state index contributed by atoms with van der Waals surface area (Å²) in [6.07, 6.45) is 0. The Morgan fingerprint density at radius 1 is 1.33 bits per heavy atom. The van der Waals surface area contributed by atoms with Gasteiger partial charge in [-0.15, -0.1) is 0 Å². The standard InChI is InChI=1S/C2H6BO3/c1-5-3(4)6-2/h1-2H3/q-1. The Bertz CT molecular complexity index is 28.0. The van der Waals surface area contributed by atoms with Crippen molar-refractivity contribution in [3.8, 4) is 0 Å². The summed E-state index contributed by atoms with van der Waals surface area (Å²) in [4.78, 5) is 0. The molecule has 0 unspecified atom stereocenters. The molecular weight excluding hydrogens is 82.8 g/mol. The van der Waals surface area contributed by atoms with Gasteiger partial charge in [-0.2, -0.15) is 0 Å². The van der Waals surface area contributed by atoms with E-state index in [4.69, 9.17) is 0 Å². The van der Waals surface area contributed by atoms with E-state index in [1.807, 2.05) is 0 Å². The first-order valence-corrected chi connectivity index (χ1v) is 1.52. The molecule has 0 aromatic rings. The molecule has 0 aliphatic carbocycles. The lowest BCUT2D eigenvalue weighted by molar-refractivity contribution is -0.249. The Labute approximate surface area is 37.1 Å². The van der Waals surface area contributed by atoms with Crippen molar-refractivity contribution in [3.05, 3.63) is 0 Å². The SMILES string of the molecule is COB([O-])OC. The van der Waals surface area contributed by atoms with Gasteiger partial charge in [-0.3, -0.25) is 0 Å². The zero-order valence-electron chi connectivity index (χ0n) is 3.80. The molecule has 0 spiro atoms. The van der Waals surface area contributed by atoms with Gasteiger partial charge in [0.1, 0.15) is 0 Å². The molecule has 0 aromatic carbocycles. The van der Waals surface area contributed by atoms with Crippen LogP contribution in [0.4, 0.5) is 0 Å². The molecule has 0 N–H and O–H groups in total. The molecule has 0 atom stereocenters. The molecule has 0 aliphatic heterocycles. The van der Waals surface area contributed by atoms with E-state index >= 15 is 0 Å². The predicted octanol–water partition coefficient (Wildman–Crippen LogP) is -1.38. The maximum Gasteiger partial charge on any atom is 0.344 e. The molecule has 0 saturated heterocycles. The molecule has 0 aromatic heterocycles. The Kier molecular flexibility index (Phi) is 3.12. The second kappa shape index (κ2) is 3.15. The average molecular weight is 88.9 g/mol. The molecule has 0 aliphatic rings. The van der Waals surface area contributed by atoms with Gasteiger partial charge in [0.05, 0.1) is 0 Å². The lowest BCUT2D eigenvalue weighted by Gasteiger charge is -2.10. The minimum absolute atomic E-state index is 1.29. The summed E-state index contributed by atoms with van der Waals surface area (Å²) < 4.78 is 8.24. The quantitative estimate of drug-likeness (QED) is 0.391. The van der Waals surface area contributed by atoms with Crippen LogP contribution in [0.2, 0.25) is 0 Å². The van der Waals surface area contributed by atoms with Crippen LogP contribution in [0.15, 0.2) is 0 Å². The van der Waals surface area contributed by atoms with Crippen LogP contribution in [0.5, 0.6) is 0 Å². The van der Waals surface area contributed by atoms with E-state index in [2.05, 4.69) is 9.31 Å². The van der Waals surface area contributed by atoms with Crippen molar-refractivity contribution < 1.29 is 14.3 Å². The normalized spacial score (nSPS) is 8.50. The number of hydrogen-bond acceptors (Lipinski definition) is 3. The van der Waals surface area contributed by atoms with Crippen molar-refractivity contribution in [1.82, 2.24) is 0 Å². The maximum atomic E-state index is 9.82. The van der Waals surface area contributed by atoms with Crippen molar-refractivity contribution in [2.24, 2.45) is 0 Å². The van der Waals surface area contributed by atoms with Gasteiger partial charge in [0.25, 0.3) is 0 Å². The van der Waals surface area contributed by atoms with Gasteiger partial charge >= 0.3 is 7.32 Å². The third-order valence-electron chi connectivity index (χ3n) is 0.385. The zero-order chi connectivity index (χ0) is 4.99. The molecule has 0 fully saturated rings. The summed E-state index contributed by atoms with van der Waals surface area (Å²) in [6, 6.07) is 0. The average Bonchev–Trinajstić information content (AvgIpc) is 1.65. The molecule has 0 rings (SSSR count). The van der Waals surface area contributed by atoms with Gasteiger partial charge in [-0.05, 0) is 0 Å². The largest absolute Gasteiger partial charge is 0.832 e. The first kappa shape index (κ1) is 5.94. The van der Waals surface area contributed by atoms with Crippen LogP contribution in [-0.4, -0.2) is 21.5 Å². The molecule has 3 nitrogen and oxygen atoms in total. The lowest BCUT2D eigenvalue weighted by atomic mass is 10.3. The van der Waals surface area contributed by atoms with Gasteiger partial charge in [-0.1, -0.05) is 0 Å². The van der Waals surface area contributed by atoms with Crippen LogP contribution in [0.25, 0.3) is 0 Å². The fourth-order valence-corrected chi connectivity index (χ4v) is 0.0962. The fraction of sp³-hybridized carbons (Fsp3) is 1.00. The first-order valence-electron chi connectivity index (χ1n) is 1.52. The zero-order valence-corrected chi connectivity index (χ0v) is 3.80. The van der Waals surface area contributed by atoms with Crippen molar-refractivity contribution in [2.75, 3.05) is 14.2 Å². The van der Waals surface area contributed by atoms with Crippen LogP contribution in [0.3, 0.4) is 0 Å². The number of hydrogen-bond donors (Lipinski definition) is 0. The van der Waals surface area contributed by atoms with Crippen molar-refractivity contribution in [2.45, 2.75) is 0 Å². The molecule has 36 valence electrons. The second-order valence-corrected chi connectivity index (χ2v) is 0.760. The van der Waals surface area contributed by atoms with Gasteiger partial charge < -0.3 is 14.3 Å². The maximum absolute atomic E-state index is 9.82. The summed E-state index contributed by atoms with van der Waals surface area (Å²) in [5.74, 6) is 0. The highest BCUT2D eigenvalue weighted by molar-refractivity contribution is 6.32. The Balaban J connectivity index is 2.75. The van der Waals surface area contributed by atoms with E-state index in [0.29, 0.717) is 0 Å². The molecule has 0 radical (unpaired) electrons. The summed E-state index contributed by atoms with van der Waals surface area (Å²) >= 11 is 0. The monoisotopic (exact) mass is 89.0 g/mol. The summed E-state index contributed by atoms with van der Waals surface area (Å²) in [6.45, 7) is 0. The Morgan fingerprint density at radius 3 is 1.67 bits per heavy atom. The Hall–Kier alpha value is -0.0551. The van der Waals surface area contributed by atoms with E-state index in [-0.39, 0.29) is 0 Å². The molecule has 6 heavy (non-hydrogen) atoms. The molecule has 0 bridgehead atoms. The van der Waals surface area contributed by atoms with Crippen molar-refractivity contribution in [1.29, 1.82) is 0 Å². The topological polar surface area (TPSA) is 41.5 Å². The molecule has 4 heteroatoms. The van der Waals surface area contributed by atoms with E-state index in [1.54, 1.807) is 0 Å². The summed E-state index contributed by atoms with van der Waals surface area (Å²) in [5, 5.41) is 9.82. The molecule has 0 heterocycles. The third-order valence-corrected chi connectivity index (χ3v) is 0.385. The van der Waals surface area contributed by atoms with Gasteiger partial charge in [0.15, 0.2) is 0 Å². The minimum Gasteiger partial charge on any atom is -0.832 e. The summed E-state index contributed by atoms with van der Waals surface area (Å²) in [5.41, 5.74) is 0. The second-order valence-electron chi connectivity index (χ2n) is 0.760. The summed E-state index contributed by atoms with van der Waals surface area (Å²) in [7, 11) is 1.27. The third kappa shape index (κ3) is 2.20. The smallest absolute Gasteiger partial charge is 0.344 e. The highest BCUT2D eigenvalue weighted by Gasteiger charge is 1.86. The van der Waals surface area contributed by atoms with E-state index in [0.717, 1.165) is 0 Å². The van der Waals surface area contributed by atoms with Crippen LogP contribution in [-0.2, 0) is 9.31 Å². The van der Waals surface area contributed by atoms with Crippen LogP contribution >= 0.6 is 0 Å². The van der Waals surface area contributed by atoms with Crippen LogP contribution in [0, 0.1) is 0 Å². The minimum atomic E-state index is -1.31. The van der Waals surface area contributed by atoms with Crippen molar-refractivity contribution in [3.63, 3.8) is 0 Å². The first-order chi connectivity index (χ1) is 2.81. The van der Waals surface area contributed by atoms with Crippen LogP contribution in [0.1, 0.15) is 0 Å². The van der Waals surface area contributed by atoms with E-state index in [1.165, 1.54) is 14.2 Å². The van der Waals surface area contributed by atoms with Gasteiger partial charge in [0.2, 0.25) is 0 Å². The van der Waals surface area contributed by atoms with Crippen molar-refractivity contribution >= 4 is 7.32 Å². The van der Waals surface area contributed by atoms with Gasteiger partial charge in [-0.25, -0.2) is 0 Å². The van der Waals surface area contributed by atoms with Crippen LogP contribution < -0.4 is 5.02 Å². The van der Waals surface area contributed by atoms with E-state index in [9.17, 15) is 5.02 Å². The molecule has 0 amide bonds. The number of rotatable bonds is 2. The highest BCUT2D eigenvalue weighted by atomic mass is 16.7. The lowest BCUT2D eigenvalue weighted by Crippen LogP contribution is -2.35. The van der Waals surface area contributed by atoms with E-state index < -0.39 is 7.32 Å². The fourth-order valence-electron chi connectivity index (χ4n) is 0.0962. The predicted molar refractivity (Wildman–Crippen MR) is 19.8 cm³/mol. The van der Waals surface area contributed by atoms with Gasteiger partial charge in [0, 0.05) is 14.2 Å². The molecular formula is C2H6BO3-. The Morgan fingerprint density at radius 2 is 1.67 bits per heavy atom.